The number of hydrogen-bond donors (Lipinski definition) is 0. The molecule has 108 valence electrons. The van der Waals surface area contributed by atoms with Crippen LogP contribution in [0.2, 0.25) is 0 Å². The fraction of sp³-hybridized carbons (Fsp3) is 0.133. The molecule has 0 amide bonds. The van der Waals surface area contributed by atoms with Crippen molar-refractivity contribution in [2.45, 2.75) is 12.8 Å². The highest BCUT2D eigenvalue weighted by molar-refractivity contribution is 9.10. The van der Waals surface area contributed by atoms with Gasteiger partial charge in [0.05, 0.1) is 27.1 Å². The molecule has 1 aromatic heterocycles. The van der Waals surface area contributed by atoms with Crippen LogP contribution in [0.5, 0.6) is 0 Å². The Balaban J connectivity index is 2.40. The number of fused-ring (bicyclic) bond motifs is 1. The van der Waals surface area contributed by atoms with Gasteiger partial charge in [-0.05, 0) is 46.6 Å². The van der Waals surface area contributed by atoms with Crippen LogP contribution in [0.25, 0.3) is 16.7 Å². The summed E-state index contributed by atoms with van der Waals surface area (Å²) in [5.41, 5.74) is 2.61. The first kappa shape index (κ1) is 14.5. The van der Waals surface area contributed by atoms with Gasteiger partial charge in [-0.25, -0.2) is 13.8 Å². The summed E-state index contributed by atoms with van der Waals surface area (Å²) >= 11 is 9.08. The summed E-state index contributed by atoms with van der Waals surface area (Å²) in [5.74, 6) is -0.0867. The minimum Gasteiger partial charge on any atom is -0.295 e. The third-order valence-electron chi connectivity index (χ3n) is 3.30. The van der Waals surface area contributed by atoms with Crippen LogP contribution in [0.15, 0.2) is 34.8 Å². The Labute approximate surface area is 133 Å². The van der Waals surface area contributed by atoms with Crippen molar-refractivity contribution in [1.82, 2.24) is 9.55 Å². The van der Waals surface area contributed by atoms with E-state index in [4.69, 9.17) is 11.6 Å². The van der Waals surface area contributed by atoms with Gasteiger partial charge in [-0.1, -0.05) is 6.07 Å². The van der Waals surface area contributed by atoms with Crippen LogP contribution in [0.1, 0.15) is 11.4 Å². The first-order valence-corrected chi connectivity index (χ1v) is 7.53. The number of imidazole rings is 1. The molecule has 2 aromatic carbocycles. The van der Waals surface area contributed by atoms with E-state index in [0.29, 0.717) is 27.0 Å². The molecule has 0 atom stereocenters. The highest BCUT2D eigenvalue weighted by atomic mass is 79.9. The minimum absolute atomic E-state index is 0.143. The number of aromatic nitrogens is 2. The Morgan fingerprint density at radius 2 is 2.00 bits per heavy atom. The van der Waals surface area contributed by atoms with E-state index in [1.54, 1.807) is 16.7 Å². The second-order valence-electron chi connectivity index (χ2n) is 4.68. The normalized spacial score (nSPS) is 11.3. The fourth-order valence-corrected chi connectivity index (χ4v) is 2.82. The number of halogens is 4. The Hall–Kier alpha value is -1.46. The molecule has 3 rings (SSSR count). The van der Waals surface area contributed by atoms with Crippen LogP contribution < -0.4 is 0 Å². The zero-order valence-corrected chi connectivity index (χ0v) is 13.3. The van der Waals surface area contributed by atoms with Crippen LogP contribution in [0.3, 0.4) is 0 Å². The van der Waals surface area contributed by atoms with Gasteiger partial charge in [0.1, 0.15) is 17.5 Å². The molecule has 0 fully saturated rings. The van der Waals surface area contributed by atoms with Crippen molar-refractivity contribution in [1.29, 1.82) is 0 Å². The Morgan fingerprint density at radius 3 is 2.71 bits per heavy atom. The first-order chi connectivity index (χ1) is 10.0. The number of hydrogen-bond acceptors (Lipinski definition) is 1. The van der Waals surface area contributed by atoms with Gasteiger partial charge >= 0.3 is 0 Å². The zero-order chi connectivity index (χ0) is 15.1. The molecule has 21 heavy (non-hydrogen) atoms. The Bertz CT molecular complexity index is 845. The lowest BCUT2D eigenvalue weighted by molar-refractivity contribution is 0.622. The molecule has 0 radical (unpaired) electrons. The van der Waals surface area contributed by atoms with Gasteiger partial charge in [0, 0.05) is 6.07 Å². The number of aryl methyl sites for hydroxylation is 1. The van der Waals surface area contributed by atoms with Gasteiger partial charge in [0.15, 0.2) is 0 Å². The van der Waals surface area contributed by atoms with Crippen molar-refractivity contribution < 1.29 is 8.78 Å². The molecule has 0 bridgehead atoms. The fourth-order valence-electron chi connectivity index (χ4n) is 2.30. The maximum Gasteiger partial charge on any atom is 0.139 e. The largest absolute Gasteiger partial charge is 0.295 e. The molecule has 2 nitrogen and oxygen atoms in total. The van der Waals surface area contributed by atoms with Gasteiger partial charge in [0.25, 0.3) is 0 Å². The van der Waals surface area contributed by atoms with Crippen molar-refractivity contribution >= 4 is 38.6 Å². The zero-order valence-electron chi connectivity index (χ0n) is 11.0. The number of benzene rings is 2. The average Bonchev–Trinajstić information content (AvgIpc) is 2.79. The SMILES string of the molecule is Cc1ccc(F)cc1-n1c(CCl)nc2cc(Br)c(F)cc21. The molecule has 6 heteroatoms. The summed E-state index contributed by atoms with van der Waals surface area (Å²) in [4.78, 5) is 4.39. The summed E-state index contributed by atoms with van der Waals surface area (Å²) in [6, 6.07) is 7.41. The quantitative estimate of drug-likeness (QED) is 0.572. The molecule has 0 aliphatic heterocycles. The van der Waals surface area contributed by atoms with E-state index in [2.05, 4.69) is 20.9 Å². The maximum absolute atomic E-state index is 13.8. The second-order valence-corrected chi connectivity index (χ2v) is 5.80. The predicted molar refractivity (Wildman–Crippen MR) is 83.0 cm³/mol. The van der Waals surface area contributed by atoms with E-state index in [1.165, 1.54) is 18.2 Å². The smallest absolute Gasteiger partial charge is 0.139 e. The molecular weight excluding hydrogens is 362 g/mol. The highest BCUT2D eigenvalue weighted by Gasteiger charge is 2.16. The second kappa shape index (κ2) is 5.39. The van der Waals surface area contributed by atoms with E-state index in [9.17, 15) is 8.78 Å². The van der Waals surface area contributed by atoms with E-state index < -0.39 is 5.82 Å². The monoisotopic (exact) mass is 370 g/mol. The predicted octanol–water partition coefficient (Wildman–Crippen LogP) is 5.11. The molecule has 0 saturated heterocycles. The van der Waals surface area contributed by atoms with E-state index in [-0.39, 0.29) is 11.7 Å². The molecule has 0 aliphatic carbocycles. The molecule has 0 spiro atoms. The van der Waals surface area contributed by atoms with Crippen LogP contribution in [0.4, 0.5) is 8.78 Å². The topological polar surface area (TPSA) is 17.8 Å². The van der Waals surface area contributed by atoms with Gasteiger partial charge < -0.3 is 0 Å². The molecule has 0 N–H and O–H groups in total. The third kappa shape index (κ3) is 2.45. The lowest BCUT2D eigenvalue weighted by Gasteiger charge is -2.11. The molecule has 0 saturated carbocycles. The van der Waals surface area contributed by atoms with Crippen molar-refractivity contribution in [3.05, 3.63) is 57.8 Å². The minimum atomic E-state index is -0.404. The highest BCUT2D eigenvalue weighted by Crippen LogP contribution is 2.29. The van der Waals surface area contributed by atoms with Gasteiger partial charge in [-0.15, -0.1) is 11.6 Å². The van der Waals surface area contributed by atoms with E-state index in [1.807, 2.05) is 6.92 Å². The third-order valence-corrected chi connectivity index (χ3v) is 4.14. The summed E-state index contributed by atoms with van der Waals surface area (Å²) in [6.07, 6.45) is 0. The summed E-state index contributed by atoms with van der Waals surface area (Å²) < 4.78 is 29.4. The Morgan fingerprint density at radius 1 is 1.24 bits per heavy atom. The number of rotatable bonds is 2. The number of nitrogens with zero attached hydrogens (tertiary/aromatic N) is 2. The van der Waals surface area contributed by atoms with E-state index in [0.717, 1.165) is 5.56 Å². The van der Waals surface area contributed by atoms with Gasteiger partial charge in [-0.3, -0.25) is 4.57 Å². The van der Waals surface area contributed by atoms with Crippen LogP contribution >= 0.6 is 27.5 Å². The van der Waals surface area contributed by atoms with Gasteiger partial charge in [0.2, 0.25) is 0 Å². The lowest BCUT2D eigenvalue weighted by Crippen LogP contribution is -2.02. The summed E-state index contributed by atoms with van der Waals surface area (Å²) in [7, 11) is 0. The molecular formula is C15H10BrClF2N2. The van der Waals surface area contributed by atoms with Crippen LogP contribution in [-0.2, 0) is 5.88 Å². The van der Waals surface area contributed by atoms with Crippen LogP contribution in [0, 0.1) is 18.6 Å². The Kier molecular flexibility index (Phi) is 3.71. The maximum atomic E-state index is 13.8. The van der Waals surface area contributed by atoms with Crippen LogP contribution in [-0.4, -0.2) is 9.55 Å². The molecule has 1 heterocycles. The van der Waals surface area contributed by atoms with Crippen molar-refractivity contribution in [2.24, 2.45) is 0 Å². The molecule has 0 unspecified atom stereocenters. The standard InChI is InChI=1S/C15H10BrClF2N2/c1-8-2-3-9(18)4-13(8)21-14-6-11(19)10(16)5-12(14)20-15(21)7-17/h2-6H,7H2,1H3. The van der Waals surface area contributed by atoms with Crippen molar-refractivity contribution in [3.8, 4) is 5.69 Å². The number of alkyl halides is 1. The lowest BCUT2D eigenvalue weighted by atomic mass is 10.2. The molecule has 3 aromatic rings. The first-order valence-electron chi connectivity index (χ1n) is 6.20. The molecule has 0 aliphatic rings. The summed E-state index contributed by atoms with van der Waals surface area (Å²) in [5, 5.41) is 0. The van der Waals surface area contributed by atoms with Crippen molar-refractivity contribution in [3.63, 3.8) is 0 Å². The van der Waals surface area contributed by atoms with Crippen molar-refractivity contribution in [2.75, 3.05) is 0 Å². The average molecular weight is 372 g/mol. The van der Waals surface area contributed by atoms with E-state index >= 15 is 0 Å². The summed E-state index contributed by atoms with van der Waals surface area (Å²) in [6.45, 7) is 1.85. The van der Waals surface area contributed by atoms with Gasteiger partial charge in [-0.2, -0.15) is 0 Å².